The number of nitro benzene ring substituents is 1. The number of allylic oxidation sites excluding steroid dienone is 1. The maximum absolute atomic E-state index is 11.0. The van der Waals surface area contributed by atoms with E-state index in [-0.39, 0.29) is 5.69 Å². The second-order valence-electron chi connectivity index (χ2n) is 5.82. The molecule has 0 saturated carbocycles. The molecule has 0 atom stereocenters. The Balaban J connectivity index is 2.09. The summed E-state index contributed by atoms with van der Waals surface area (Å²) < 4.78 is 1.94. The lowest BCUT2D eigenvalue weighted by atomic mass is 10.1. The molecule has 0 aliphatic carbocycles. The second kappa shape index (κ2) is 7.03. The first kappa shape index (κ1) is 17.1. The lowest BCUT2D eigenvalue weighted by Crippen LogP contribution is -2.00. The molecule has 2 heterocycles. The van der Waals surface area contributed by atoms with Crippen LogP contribution in [0.15, 0.2) is 54.7 Å². The van der Waals surface area contributed by atoms with Gasteiger partial charge in [0.2, 0.25) is 0 Å². The fraction of sp³-hybridized carbons (Fsp3) is 0.100. The van der Waals surface area contributed by atoms with Gasteiger partial charge < -0.3 is 4.57 Å². The molecule has 0 aliphatic heterocycles. The topological polar surface area (TPSA) is 84.8 Å². The van der Waals surface area contributed by atoms with Gasteiger partial charge in [-0.3, -0.25) is 15.1 Å². The standard InChI is InChI=1S/C20H16N4O2/c1-14-10-16(11-17(13-21)20-8-3-4-9-22-20)15(2)23(14)18-6-5-7-19(12-18)24(25)26/h3-12H,1-2H3/b17-11+. The van der Waals surface area contributed by atoms with E-state index in [2.05, 4.69) is 11.1 Å². The molecule has 0 amide bonds. The van der Waals surface area contributed by atoms with Gasteiger partial charge in [0, 0.05) is 29.7 Å². The SMILES string of the molecule is Cc1cc(/C=C(\C#N)c2ccccn2)c(C)n1-c1cccc([N+](=O)[O-])c1. The summed E-state index contributed by atoms with van der Waals surface area (Å²) in [6.07, 6.45) is 3.44. The van der Waals surface area contributed by atoms with E-state index in [1.165, 1.54) is 12.1 Å². The van der Waals surface area contributed by atoms with Crippen LogP contribution in [0.5, 0.6) is 0 Å². The first-order chi connectivity index (χ1) is 12.5. The van der Waals surface area contributed by atoms with Gasteiger partial charge in [-0.2, -0.15) is 5.26 Å². The molecule has 0 aliphatic rings. The lowest BCUT2D eigenvalue weighted by Gasteiger charge is -2.09. The molecule has 3 aromatic rings. The van der Waals surface area contributed by atoms with Crippen LogP contribution < -0.4 is 0 Å². The molecule has 1 aromatic carbocycles. The van der Waals surface area contributed by atoms with Gasteiger partial charge in [0.15, 0.2) is 0 Å². The van der Waals surface area contributed by atoms with Crippen LogP contribution in [-0.2, 0) is 0 Å². The number of non-ortho nitro benzene ring substituents is 1. The Morgan fingerprint density at radius 2 is 2.04 bits per heavy atom. The second-order valence-corrected chi connectivity index (χ2v) is 5.82. The molecule has 128 valence electrons. The third-order valence-corrected chi connectivity index (χ3v) is 4.13. The summed E-state index contributed by atoms with van der Waals surface area (Å²) in [6.45, 7) is 3.85. The summed E-state index contributed by atoms with van der Waals surface area (Å²) >= 11 is 0. The maximum atomic E-state index is 11.0. The van der Waals surface area contributed by atoms with Crippen LogP contribution in [-0.4, -0.2) is 14.5 Å². The summed E-state index contributed by atoms with van der Waals surface area (Å²) in [6, 6.07) is 16.0. The van der Waals surface area contributed by atoms with Crippen LogP contribution >= 0.6 is 0 Å². The monoisotopic (exact) mass is 344 g/mol. The van der Waals surface area contributed by atoms with E-state index in [1.807, 2.05) is 36.6 Å². The fourth-order valence-corrected chi connectivity index (χ4v) is 2.92. The normalized spacial score (nSPS) is 11.2. The van der Waals surface area contributed by atoms with Gasteiger partial charge >= 0.3 is 0 Å². The van der Waals surface area contributed by atoms with Crippen LogP contribution in [0, 0.1) is 35.3 Å². The van der Waals surface area contributed by atoms with Crippen molar-refractivity contribution >= 4 is 17.3 Å². The van der Waals surface area contributed by atoms with Gasteiger partial charge in [-0.1, -0.05) is 12.1 Å². The largest absolute Gasteiger partial charge is 0.318 e. The molecular weight excluding hydrogens is 328 g/mol. The van der Waals surface area contributed by atoms with E-state index >= 15 is 0 Å². The summed E-state index contributed by atoms with van der Waals surface area (Å²) in [5, 5.41) is 20.5. The molecule has 0 bridgehead atoms. The van der Waals surface area contributed by atoms with Crippen molar-refractivity contribution in [2.24, 2.45) is 0 Å². The molecule has 6 heteroatoms. The minimum atomic E-state index is -0.409. The first-order valence-corrected chi connectivity index (χ1v) is 7.98. The third kappa shape index (κ3) is 3.23. The lowest BCUT2D eigenvalue weighted by molar-refractivity contribution is -0.384. The van der Waals surface area contributed by atoms with Crippen molar-refractivity contribution in [2.45, 2.75) is 13.8 Å². The molecule has 0 unspecified atom stereocenters. The number of aryl methyl sites for hydroxylation is 1. The Hall–Kier alpha value is -3.72. The summed E-state index contributed by atoms with van der Waals surface area (Å²) in [4.78, 5) is 14.9. The highest BCUT2D eigenvalue weighted by molar-refractivity contribution is 5.88. The number of aromatic nitrogens is 2. The summed E-state index contributed by atoms with van der Waals surface area (Å²) in [7, 11) is 0. The highest BCUT2D eigenvalue weighted by Gasteiger charge is 2.13. The Morgan fingerprint density at radius 1 is 1.23 bits per heavy atom. The highest BCUT2D eigenvalue weighted by atomic mass is 16.6. The molecule has 3 rings (SSSR count). The van der Waals surface area contributed by atoms with Gasteiger partial charge in [-0.05, 0) is 49.8 Å². The number of hydrogen-bond acceptors (Lipinski definition) is 4. The van der Waals surface area contributed by atoms with Gasteiger partial charge in [0.05, 0.1) is 21.9 Å². The number of nitriles is 1. The van der Waals surface area contributed by atoms with Gasteiger partial charge in [-0.15, -0.1) is 0 Å². The number of rotatable bonds is 4. The molecule has 2 aromatic heterocycles. The Labute approximate surface area is 150 Å². The van der Waals surface area contributed by atoms with Crippen molar-refractivity contribution in [3.05, 3.63) is 87.5 Å². The molecule has 6 nitrogen and oxygen atoms in total. The van der Waals surface area contributed by atoms with Crippen LogP contribution in [0.1, 0.15) is 22.6 Å². The van der Waals surface area contributed by atoms with E-state index in [9.17, 15) is 15.4 Å². The van der Waals surface area contributed by atoms with Crippen LogP contribution in [0.25, 0.3) is 17.3 Å². The van der Waals surface area contributed by atoms with Crippen molar-refractivity contribution in [1.29, 1.82) is 5.26 Å². The van der Waals surface area contributed by atoms with Gasteiger partial charge in [0.25, 0.3) is 5.69 Å². The van der Waals surface area contributed by atoms with Crippen LogP contribution in [0.3, 0.4) is 0 Å². The molecule has 0 spiro atoms. The van der Waals surface area contributed by atoms with Crippen molar-refractivity contribution in [3.63, 3.8) is 0 Å². The minimum absolute atomic E-state index is 0.0401. The zero-order chi connectivity index (χ0) is 18.7. The molecule has 0 saturated heterocycles. The zero-order valence-electron chi connectivity index (χ0n) is 14.4. The van der Waals surface area contributed by atoms with Crippen molar-refractivity contribution < 1.29 is 4.92 Å². The van der Waals surface area contributed by atoms with Crippen molar-refractivity contribution in [2.75, 3.05) is 0 Å². The molecule has 26 heavy (non-hydrogen) atoms. The van der Waals surface area contributed by atoms with E-state index in [4.69, 9.17) is 0 Å². The van der Waals surface area contributed by atoms with E-state index in [1.54, 1.807) is 30.5 Å². The van der Waals surface area contributed by atoms with Crippen LogP contribution in [0.2, 0.25) is 0 Å². The van der Waals surface area contributed by atoms with Gasteiger partial charge in [0.1, 0.15) is 6.07 Å². The quantitative estimate of drug-likeness (QED) is 0.397. The van der Waals surface area contributed by atoms with E-state index < -0.39 is 4.92 Å². The van der Waals surface area contributed by atoms with Gasteiger partial charge in [-0.25, -0.2) is 0 Å². The molecule has 0 fully saturated rings. The molecule has 0 N–H and O–H groups in total. The van der Waals surface area contributed by atoms with E-state index in [0.717, 1.165) is 17.0 Å². The smallest absolute Gasteiger partial charge is 0.271 e. The predicted octanol–water partition coefficient (Wildman–Crippen LogP) is 4.46. The summed E-state index contributed by atoms with van der Waals surface area (Å²) in [5.74, 6) is 0. The molecular formula is C20H16N4O2. The number of benzene rings is 1. The van der Waals surface area contributed by atoms with Crippen molar-refractivity contribution in [3.8, 4) is 11.8 Å². The Morgan fingerprint density at radius 3 is 2.69 bits per heavy atom. The predicted molar refractivity (Wildman–Crippen MR) is 99.6 cm³/mol. The highest BCUT2D eigenvalue weighted by Crippen LogP contribution is 2.26. The number of nitro groups is 1. The zero-order valence-corrected chi connectivity index (χ0v) is 14.4. The first-order valence-electron chi connectivity index (χ1n) is 7.98. The summed E-state index contributed by atoms with van der Waals surface area (Å²) in [5.41, 5.74) is 4.51. The Bertz CT molecular complexity index is 1040. The van der Waals surface area contributed by atoms with Crippen molar-refractivity contribution in [1.82, 2.24) is 9.55 Å². The van der Waals surface area contributed by atoms with Crippen LogP contribution in [0.4, 0.5) is 5.69 Å². The number of pyridine rings is 1. The molecule has 0 radical (unpaired) electrons. The third-order valence-electron chi connectivity index (χ3n) is 4.13. The van der Waals surface area contributed by atoms with E-state index in [0.29, 0.717) is 17.0 Å². The average Bonchev–Trinajstić information content (AvgIpc) is 2.93. The average molecular weight is 344 g/mol. The number of hydrogen-bond donors (Lipinski definition) is 0. The minimum Gasteiger partial charge on any atom is -0.318 e. The maximum Gasteiger partial charge on any atom is 0.271 e. The Kier molecular flexibility index (Phi) is 4.63. The number of nitrogens with zero attached hydrogens (tertiary/aromatic N) is 4. The fourth-order valence-electron chi connectivity index (χ4n) is 2.92.